The second kappa shape index (κ2) is 12.2. The molecule has 0 spiro atoms. The minimum Gasteiger partial charge on any atom is -0.534 e. The number of urea groups is 1. The van der Waals surface area contributed by atoms with Crippen LogP contribution in [0.25, 0.3) is 0 Å². The Hall–Kier alpha value is -4.51. The van der Waals surface area contributed by atoms with Crippen molar-refractivity contribution in [3.05, 3.63) is 59.2 Å². The Bertz CT molecular complexity index is 1540. The van der Waals surface area contributed by atoms with Crippen LogP contribution >= 0.6 is 0 Å². The number of aromatic carboxylic acids is 1. The Morgan fingerprint density at radius 3 is 2.43 bits per heavy atom. The number of sulfone groups is 1. The summed E-state index contributed by atoms with van der Waals surface area (Å²) in [6.07, 6.45) is 0.942. The zero-order valence-corrected chi connectivity index (χ0v) is 23.0. The average molecular weight is 604 g/mol. The van der Waals surface area contributed by atoms with Crippen molar-refractivity contribution in [1.82, 2.24) is 20.4 Å². The summed E-state index contributed by atoms with van der Waals surface area (Å²) < 4.78 is 41.9. The molecular formula is C25H26BFN4O10S. The number of benzene rings is 2. The van der Waals surface area contributed by atoms with Gasteiger partial charge in [0.05, 0.1) is 16.4 Å². The Kier molecular flexibility index (Phi) is 8.82. The lowest BCUT2D eigenvalue weighted by atomic mass is 9.72. The maximum Gasteiger partial charge on any atom is 0.547 e. The number of carbonyl (C=O) groups is 5. The molecule has 222 valence electrons. The van der Waals surface area contributed by atoms with Crippen LogP contribution in [0.5, 0.6) is 5.75 Å². The minimum absolute atomic E-state index is 0.0411. The summed E-state index contributed by atoms with van der Waals surface area (Å²) in [5, 5.41) is 24.9. The Labute approximate surface area is 239 Å². The second-order valence-electron chi connectivity index (χ2n) is 9.59. The van der Waals surface area contributed by atoms with Crippen molar-refractivity contribution in [2.75, 3.05) is 32.6 Å². The number of piperazine rings is 1. The zero-order chi connectivity index (χ0) is 30.8. The van der Waals surface area contributed by atoms with E-state index >= 15 is 0 Å². The quantitative estimate of drug-likeness (QED) is 0.221. The number of hydrogen-bond donors (Lipinski definition) is 4. The number of para-hydroxylation sites is 1. The summed E-state index contributed by atoms with van der Waals surface area (Å²) in [6.45, 7) is -1.59. The van der Waals surface area contributed by atoms with E-state index in [1.807, 2.05) is 0 Å². The van der Waals surface area contributed by atoms with Gasteiger partial charge in [0.1, 0.15) is 18.5 Å². The van der Waals surface area contributed by atoms with E-state index < -0.39 is 65.3 Å². The van der Waals surface area contributed by atoms with E-state index in [2.05, 4.69) is 10.6 Å². The third-order valence-electron chi connectivity index (χ3n) is 6.76. The van der Waals surface area contributed by atoms with Crippen molar-refractivity contribution in [2.45, 2.75) is 23.3 Å². The highest BCUT2D eigenvalue weighted by atomic mass is 32.2. The van der Waals surface area contributed by atoms with Crippen LogP contribution in [0.4, 0.5) is 9.18 Å². The first kappa shape index (κ1) is 30.5. The molecule has 2 aromatic carbocycles. The van der Waals surface area contributed by atoms with Crippen LogP contribution in [0, 0.1) is 0 Å². The van der Waals surface area contributed by atoms with Crippen LogP contribution in [0.1, 0.15) is 27.5 Å². The van der Waals surface area contributed by atoms with Crippen LogP contribution < -0.4 is 15.3 Å². The number of halogens is 1. The molecule has 2 aliphatic heterocycles. The summed E-state index contributed by atoms with van der Waals surface area (Å²) in [5.74, 6) is -5.64. The van der Waals surface area contributed by atoms with Crippen molar-refractivity contribution in [3.8, 4) is 5.75 Å². The highest BCUT2D eigenvalue weighted by Gasteiger charge is 2.41. The van der Waals surface area contributed by atoms with E-state index in [-0.39, 0.29) is 47.8 Å². The maximum atomic E-state index is 13.5. The van der Waals surface area contributed by atoms with E-state index in [1.165, 1.54) is 36.4 Å². The molecule has 4 N–H and O–H groups in total. The fourth-order valence-corrected chi connectivity index (χ4v) is 5.21. The molecule has 2 atom stereocenters. The molecule has 17 heteroatoms. The van der Waals surface area contributed by atoms with Gasteiger partial charge in [-0.05, 0) is 35.7 Å². The third-order valence-corrected chi connectivity index (χ3v) is 7.89. The molecular weight excluding hydrogens is 578 g/mol. The molecule has 1 fully saturated rings. The van der Waals surface area contributed by atoms with E-state index in [0.717, 1.165) is 11.2 Å². The SMILES string of the molecule is CS(=O)(=O)c1ccc(C(NC(=O)N2CCN(CCF)C(=O)C2=O)C(=O)N[C@H]2Cc3cccc(C(=O)O)c3OB2O)cc1. The van der Waals surface area contributed by atoms with E-state index in [0.29, 0.717) is 10.5 Å². The lowest BCUT2D eigenvalue weighted by Crippen LogP contribution is -2.60. The van der Waals surface area contributed by atoms with Gasteiger partial charge >= 0.3 is 30.9 Å². The molecule has 2 aromatic rings. The predicted octanol–water partition coefficient (Wildman–Crippen LogP) is -0.681. The van der Waals surface area contributed by atoms with Gasteiger partial charge in [-0.3, -0.25) is 19.3 Å². The van der Waals surface area contributed by atoms with Crippen molar-refractivity contribution < 1.29 is 51.6 Å². The van der Waals surface area contributed by atoms with Crippen LogP contribution in [0.15, 0.2) is 47.4 Å². The molecule has 5 amide bonds. The Morgan fingerprint density at radius 1 is 1.12 bits per heavy atom. The van der Waals surface area contributed by atoms with Gasteiger partial charge in [0, 0.05) is 25.9 Å². The number of alkyl halides is 1. The summed E-state index contributed by atoms with van der Waals surface area (Å²) in [7, 11) is -5.27. The molecule has 0 saturated carbocycles. The zero-order valence-electron chi connectivity index (χ0n) is 22.2. The molecule has 14 nitrogen and oxygen atoms in total. The number of rotatable bonds is 8. The number of carboxylic acid groups (broad SMARTS) is 1. The fraction of sp³-hybridized carbons (Fsp3) is 0.320. The summed E-state index contributed by atoms with van der Waals surface area (Å²) in [6, 6.07) is 6.64. The third kappa shape index (κ3) is 6.36. The monoisotopic (exact) mass is 604 g/mol. The van der Waals surface area contributed by atoms with Gasteiger partial charge in [0.25, 0.3) is 0 Å². The molecule has 2 aliphatic rings. The molecule has 42 heavy (non-hydrogen) atoms. The van der Waals surface area contributed by atoms with Crippen molar-refractivity contribution in [2.24, 2.45) is 0 Å². The predicted molar refractivity (Wildman–Crippen MR) is 143 cm³/mol. The lowest BCUT2D eigenvalue weighted by molar-refractivity contribution is -0.153. The first-order chi connectivity index (χ1) is 19.8. The van der Waals surface area contributed by atoms with Gasteiger partial charge in [-0.2, -0.15) is 0 Å². The Morgan fingerprint density at radius 2 is 1.81 bits per heavy atom. The van der Waals surface area contributed by atoms with Gasteiger partial charge in [0.2, 0.25) is 5.91 Å². The maximum absolute atomic E-state index is 13.5. The van der Waals surface area contributed by atoms with Gasteiger partial charge in [-0.1, -0.05) is 24.3 Å². The number of nitrogens with zero attached hydrogens (tertiary/aromatic N) is 2. The molecule has 0 aliphatic carbocycles. The minimum atomic E-state index is -3.60. The number of carbonyl (C=O) groups excluding carboxylic acids is 4. The topological polar surface area (TPSA) is 200 Å². The van der Waals surface area contributed by atoms with Crippen LogP contribution in [0.3, 0.4) is 0 Å². The van der Waals surface area contributed by atoms with Gasteiger partial charge in [0.15, 0.2) is 9.84 Å². The standard InChI is InChI=1S/C25H26BFN4O10S/c1-42(39,40)16-7-5-14(6-8-16)19(29-25(37)31-12-11-30(10-9-27)22(33)23(31)34)21(32)28-18-13-15-3-2-4-17(24(35)36)20(15)41-26(18)38/h2-8,18-19,38H,9-13H2,1H3,(H,28,32)(H,29,37)(H,35,36)/t18-,19?/m0/s1. The van der Waals surface area contributed by atoms with Crippen molar-refractivity contribution >= 4 is 46.7 Å². The van der Waals surface area contributed by atoms with E-state index in [9.17, 15) is 46.9 Å². The highest BCUT2D eigenvalue weighted by molar-refractivity contribution is 7.90. The van der Waals surface area contributed by atoms with E-state index in [4.69, 9.17) is 4.65 Å². The summed E-state index contributed by atoms with van der Waals surface area (Å²) in [4.78, 5) is 64.4. The normalized spacial score (nSPS) is 17.7. The van der Waals surface area contributed by atoms with Gasteiger partial charge < -0.3 is 30.3 Å². The van der Waals surface area contributed by atoms with Crippen LogP contribution in [0.2, 0.25) is 0 Å². The second-order valence-corrected chi connectivity index (χ2v) is 11.6. The smallest absolute Gasteiger partial charge is 0.534 e. The highest BCUT2D eigenvalue weighted by Crippen LogP contribution is 2.30. The van der Waals surface area contributed by atoms with Crippen molar-refractivity contribution in [1.29, 1.82) is 0 Å². The summed E-state index contributed by atoms with van der Waals surface area (Å²) >= 11 is 0. The number of fused-ring (bicyclic) bond motifs is 1. The van der Waals surface area contributed by atoms with Crippen LogP contribution in [-0.2, 0) is 30.6 Å². The number of imide groups is 1. The molecule has 0 bridgehead atoms. The number of carboxylic acids is 1. The van der Waals surface area contributed by atoms with Gasteiger partial charge in [-0.25, -0.2) is 22.4 Å². The largest absolute Gasteiger partial charge is 0.547 e. The number of nitrogens with one attached hydrogen (secondary N) is 2. The lowest BCUT2D eigenvalue weighted by Gasteiger charge is -2.33. The average Bonchev–Trinajstić information content (AvgIpc) is 2.93. The first-order valence-corrected chi connectivity index (χ1v) is 14.5. The van der Waals surface area contributed by atoms with Crippen molar-refractivity contribution in [3.63, 3.8) is 0 Å². The molecule has 1 unspecified atom stereocenters. The molecule has 1 saturated heterocycles. The fourth-order valence-electron chi connectivity index (χ4n) is 4.57. The number of amides is 5. The Balaban J connectivity index is 1.58. The van der Waals surface area contributed by atoms with Crippen LogP contribution in [-0.4, -0.2) is 104 Å². The first-order valence-electron chi connectivity index (χ1n) is 12.6. The number of hydrogen-bond acceptors (Lipinski definition) is 9. The summed E-state index contributed by atoms with van der Waals surface area (Å²) in [5.41, 5.74) is 0.306. The molecule has 2 heterocycles. The van der Waals surface area contributed by atoms with Gasteiger partial charge in [-0.15, -0.1) is 0 Å². The molecule has 0 aromatic heterocycles. The molecule has 4 rings (SSSR count). The van der Waals surface area contributed by atoms with E-state index in [1.54, 1.807) is 6.07 Å². The molecule has 0 radical (unpaired) electrons.